The van der Waals surface area contributed by atoms with Gasteiger partial charge in [-0.15, -0.1) is 0 Å². The van der Waals surface area contributed by atoms with Crippen molar-refractivity contribution >= 4 is 63.0 Å². The van der Waals surface area contributed by atoms with Crippen molar-refractivity contribution in [3.8, 4) is 0 Å². The van der Waals surface area contributed by atoms with Gasteiger partial charge in [0, 0.05) is 11.3 Å². The number of rotatable bonds is 5. The molecule has 0 bridgehead atoms. The third-order valence-electron chi connectivity index (χ3n) is 6.71. The Hall–Kier alpha value is -3.75. The number of hydrogen-bond acceptors (Lipinski definition) is 5. The van der Waals surface area contributed by atoms with Crippen molar-refractivity contribution in [3.63, 3.8) is 0 Å². The molecule has 1 unspecified atom stereocenters. The van der Waals surface area contributed by atoms with Crippen LogP contribution in [0.4, 0.5) is 11.4 Å². The van der Waals surface area contributed by atoms with Crippen LogP contribution in [0.25, 0.3) is 5.57 Å². The lowest BCUT2D eigenvalue weighted by molar-refractivity contribution is -0.123. The summed E-state index contributed by atoms with van der Waals surface area (Å²) in [4.78, 5) is 43.5. The molecule has 1 atom stereocenters. The van der Waals surface area contributed by atoms with Crippen molar-refractivity contribution in [1.29, 1.82) is 0 Å². The topological polar surface area (TPSA) is 69.7 Å². The Kier molecular flexibility index (Phi) is 6.70. The minimum Gasteiger partial charge on any atom is -0.325 e. The Morgan fingerprint density at radius 2 is 1.65 bits per heavy atom. The molecule has 1 fully saturated rings. The van der Waals surface area contributed by atoms with E-state index in [1.165, 1.54) is 4.90 Å². The van der Waals surface area contributed by atoms with E-state index in [4.69, 9.17) is 12.2 Å². The lowest BCUT2D eigenvalue weighted by Crippen LogP contribution is -2.35. The summed E-state index contributed by atoms with van der Waals surface area (Å²) in [6, 6.07) is 22.3. The quantitative estimate of drug-likeness (QED) is 0.345. The fourth-order valence-electron chi connectivity index (χ4n) is 4.56. The van der Waals surface area contributed by atoms with Gasteiger partial charge in [0.2, 0.25) is 5.91 Å². The molecule has 37 heavy (non-hydrogen) atoms. The van der Waals surface area contributed by atoms with Crippen LogP contribution in [0.5, 0.6) is 0 Å². The second kappa shape index (κ2) is 9.95. The smallest absolute Gasteiger partial charge is 0.267 e. The fourth-order valence-corrected chi connectivity index (χ4v) is 6.05. The molecule has 1 N–H and O–H groups in total. The summed E-state index contributed by atoms with van der Waals surface area (Å²) >= 11 is 6.72. The number of amides is 3. The third-order valence-corrected chi connectivity index (χ3v) is 8.11. The molecule has 2 heterocycles. The number of nitrogens with one attached hydrogen (secondary N) is 1. The van der Waals surface area contributed by atoms with Gasteiger partial charge < -0.3 is 5.32 Å². The van der Waals surface area contributed by atoms with Gasteiger partial charge in [-0.2, -0.15) is 0 Å². The first-order chi connectivity index (χ1) is 17.8. The lowest BCUT2D eigenvalue weighted by atomic mass is 10.1. The van der Waals surface area contributed by atoms with E-state index in [0.29, 0.717) is 26.2 Å². The van der Waals surface area contributed by atoms with Gasteiger partial charge in [-0.3, -0.25) is 24.2 Å². The van der Waals surface area contributed by atoms with Gasteiger partial charge in [0.25, 0.3) is 11.8 Å². The minimum absolute atomic E-state index is 0.174. The fraction of sp³-hybridized carbons (Fsp3) is 0.172. The lowest BCUT2D eigenvalue weighted by Gasteiger charge is -2.23. The highest BCUT2D eigenvalue weighted by atomic mass is 32.2. The first-order valence-electron chi connectivity index (χ1n) is 11.9. The zero-order valence-electron chi connectivity index (χ0n) is 20.6. The van der Waals surface area contributed by atoms with E-state index < -0.39 is 0 Å². The van der Waals surface area contributed by atoms with Crippen LogP contribution in [0.15, 0.2) is 77.7 Å². The summed E-state index contributed by atoms with van der Waals surface area (Å²) < 4.78 is 0.403. The summed E-state index contributed by atoms with van der Waals surface area (Å²) in [5.74, 6) is -1.01. The Morgan fingerprint density at radius 3 is 2.38 bits per heavy atom. The molecule has 186 valence electrons. The highest BCUT2D eigenvalue weighted by Gasteiger charge is 2.43. The zero-order valence-corrected chi connectivity index (χ0v) is 22.3. The van der Waals surface area contributed by atoms with Crippen LogP contribution in [0.1, 0.15) is 35.2 Å². The molecule has 0 spiro atoms. The molecule has 2 aliphatic heterocycles. The van der Waals surface area contributed by atoms with Crippen LogP contribution < -0.4 is 10.2 Å². The summed E-state index contributed by atoms with van der Waals surface area (Å²) in [5.41, 5.74) is 5.32. The van der Waals surface area contributed by atoms with E-state index in [1.807, 2.05) is 81.4 Å². The zero-order chi connectivity index (χ0) is 26.3. The van der Waals surface area contributed by atoms with Crippen molar-refractivity contribution in [1.82, 2.24) is 4.90 Å². The third kappa shape index (κ3) is 4.58. The first-order valence-corrected chi connectivity index (χ1v) is 13.1. The second-order valence-corrected chi connectivity index (χ2v) is 10.7. The number of anilines is 2. The number of aryl methyl sites for hydroxylation is 2. The predicted molar refractivity (Wildman–Crippen MR) is 152 cm³/mol. The maximum atomic E-state index is 13.7. The van der Waals surface area contributed by atoms with E-state index in [-0.39, 0.29) is 35.9 Å². The van der Waals surface area contributed by atoms with Crippen LogP contribution in [-0.4, -0.2) is 33.5 Å². The predicted octanol–water partition coefficient (Wildman–Crippen LogP) is 5.62. The van der Waals surface area contributed by atoms with Gasteiger partial charge in [0.15, 0.2) is 0 Å². The number of thioether (sulfide) groups is 1. The summed E-state index contributed by atoms with van der Waals surface area (Å²) in [7, 11) is 0. The van der Waals surface area contributed by atoms with E-state index in [2.05, 4.69) is 5.32 Å². The largest absolute Gasteiger partial charge is 0.325 e. The van der Waals surface area contributed by atoms with Gasteiger partial charge in [-0.05, 0) is 55.7 Å². The van der Waals surface area contributed by atoms with E-state index in [9.17, 15) is 14.4 Å². The summed E-state index contributed by atoms with van der Waals surface area (Å²) in [5, 5.41) is 2.88. The molecule has 0 aromatic heterocycles. The maximum absolute atomic E-state index is 13.7. The molecule has 0 radical (unpaired) electrons. The molecule has 0 saturated carbocycles. The summed E-state index contributed by atoms with van der Waals surface area (Å²) in [6.07, 6.45) is 0. The van der Waals surface area contributed by atoms with E-state index in [1.54, 1.807) is 17.0 Å². The molecule has 3 amide bonds. The number of thiocarbonyl (C=S) groups is 1. The highest BCUT2D eigenvalue weighted by molar-refractivity contribution is 8.26. The highest BCUT2D eigenvalue weighted by Crippen LogP contribution is 2.46. The van der Waals surface area contributed by atoms with E-state index >= 15 is 0 Å². The molecular formula is C29H25N3O3S2. The van der Waals surface area contributed by atoms with Crippen LogP contribution in [-0.2, 0) is 14.4 Å². The van der Waals surface area contributed by atoms with E-state index in [0.717, 1.165) is 28.5 Å². The van der Waals surface area contributed by atoms with Crippen molar-refractivity contribution in [2.24, 2.45) is 0 Å². The van der Waals surface area contributed by atoms with Gasteiger partial charge in [0.05, 0.1) is 22.2 Å². The Bertz CT molecular complexity index is 1480. The van der Waals surface area contributed by atoms with Gasteiger partial charge in [-0.1, -0.05) is 78.6 Å². The number of carbonyl (C=O) groups excluding carboxylic acids is 3. The number of nitrogens with zero attached hydrogens (tertiary/aromatic N) is 2. The standard InChI is InChI=1S/C29H25N3O3S2/c1-17-13-14-21(15-18(17)2)30-24(33)16-31-23-12-8-7-11-22(23)25(27(31)34)26-28(35)32(29(36)37-26)19(3)20-9-5-4-6-10-20/h4-15,19H,16H2,1-3H3,(H,30,33). The Balaban J connectivity index is 1.44. The SMILES string of the molecule is Cc1ccc(NC(=O)CN2C(=O)C(=C3SC(=S)N(C(C)c4ccccc4)C3=O)c3ccccc32)cc1C. The van der Waals surface area contributed by atoms with Crippen molar-refractivity contribution in [2.75, 3.05) is 16.8 Å². The Morgan fingerprint density at radius 1 is 0.946 bits per heavy atom. The molecule has 3 aromatic rings. The molecule has 8 heteroatoms. The van der Waals surface area contributed by atoms with Crippen molar-refractivity contribution in [2.45, 2.75) is 26.8 Å². The monoisotopic (exact) mass is 527 g/mol. The molecular weight excluding hydrogens is 502 g/mol. The molecule has 1 saturated heterocycles. The molecule has 0 aliphatic carbocycles. The van der Waals surface area contributed by atoms with Gasteiger partial charge in [-0.25, -0.2) is 0 Å². The van der Waals surface area contributed by atoms with Crippen LogP contribution >= 0.6 is 24.0 Å². The van der Waals surface area contributed by atoms with Crippen LogP contribution in [0.2, 0.25) is 0 Å². The normalized spacial score (nSPS) is 17.9. The van der Waals surface area contributed by atoms with Gasteiger partial charge >= 0.3 is 0 Å². The molecule has 2 aliphatic rings. The number of fused-ring (bicyclic) bond motifs is 1. The number of carbonyl (C=O) groups is 3. The minimum atomic E-state index is -0.385. The average molecular weight is 528 g/mol. The van der Waals surface area contributed by atoms with Crippen LogP contribution in [0, 0.1) is 13.8 Å². The second-order valence-electron chi connectivity index (χ2n) is 9.09. The molecule has 5 rings (SSSR count). The average Bonchev–Trinajstić information content (AvgIpc) is 3.33. The number of benzene rings is 3. The van der Waals surface area contributed by atoms with Gasteiger partial charge in [0.1, 0.15) is 10.9 Å². The number of para-hydroxylation sites is 1. The number of hydrogen-bond donors (Lipinski definition) is 1. The summed E-state index contributed by atoms with van der Waals surface area (Å²) in [6.45, 7) is 5.73. The maximum Gasteiger partial charge on any atom is 0.267 e. The van der Waals surface area contributed by atoms with Crippen molar-refractivity contribution < 1.29 is 14.4 Å². The van der Waals surface area contributed by atoms with Crippen LogP contribution in [0.3, 0.4) is 0 Å². The Labute approximate surface area is 225 Å². The molecule has 6 nitrogen and oxygen atoms in total. The molecule has 3 aromatic carbocycles. The first kappa shape index (κ1) is 24.9. The van der Waals surface area contributed by atoms with Crippen molar-refractivity contribution in [3.05, 3.63) is 100.0 Å².